The molecule has 1 aliphatic carbocycles. The normalized spacial score (nSPS) is 15.5. The molecule has 0 radical (unpaired) electrons. The van der Waals surface area contributed by atoms with Gasteiger partial charge in [-0.1, -0.05) is 0 Å². The van der Waals surface area contributed by atoms with Gasteiger partial charge in [0.15, 0.2) is 0 Å². The molecular weight excluding hydrogens is 178 g/mol. The van der Waals surface area contributed by atoms with Crippen molar-refractivity contribution in [2.24, 2.45) is 0 Å². The predicted octanol–water partition coefficient (Wildman–Crippen LogP) is 0.395. The minimum atomic E-state index is -1.63. The monoisotopic (exact) mass is 185 g/mol. The summed E-state index contributed by atoms with van der Waals surface area (Å²) in [6, 6.07) is 0. The highest BCUT2D eigenvalue weighted by Gasteiger charge is 2.33. The van der Waals surface area contributed by atoms with Crippen molar-refractivity contribution in [1.82, 2.24) is 0 Å². The van der Waals surface area contributed by atoms with E-state index in [1.807, 2.05) is 0 Å². The number of hydrogen-bond acceptors (Lipinski definition) is 3. The molecule has 0 aromatic rings. The molecule has 0 atom stereocenters. The zero-order chi connectivity index (χ0) is 9.14. The molecule has 0 unspecified atom stereocenters. The number of hydrogen-bond donors (Lipinski definition) is 2. The second kappa shape index (κ2) is 3.74. The summed E-state index contributed by atoms with van der Waals surface area (Å²) in [5, 5.41) is 17.9. The largest absolute Gasteiger partial charge is 0.575 e. The van der Waals surface area contributed by atoms with Gasteiger partial charge < -0.3 is 14.8 Å². The molecule has 0 bridgehead atoms. The Morgan fingerprint density at radius 2 is 2.25 bits per heavy atom. The lowest BCUT2D eigenvalue weighted by Gasteiger charge is -2.03. The van der Waals surface area contributed by atoms with Crippen LogP contribution < -0.4 is 0 Å². The molecule has 0 aromatic carbocycles. The summed E-state index contributed by atoms with van der Waals surface area (Å²) in [5.41, 5.74) is 0.140. The van der Waals surface area contributed by atoms with Crippen LogP contribution in [0.5, 0.6) is 0 Å². The first kappa shape index (κ1) is 9.29. The average molecular weight is 185 g/mol. The van der Waals surface area contributed by atoms with Gasteiger partial charge in [-0.05, 0) is 11.6 Å². The number of methoxy groups -OCH3 is 1. The maximum Gasteiger partial charge on any atom is 0.575 e. The highest BCUT2D eigenvalue weighted by Crippen LogP contribution is 2.24. The van der Waals surface area contributed by atoms with Crippen molar-refractivity contribution in [2.45, 2.75) is 0 Å². The fraction of sp³-hybridized carbons (Fsp3) is 0.143. The van der Waals surface area contributed by atoms with Crippen molar-refractivity contribution < 1.29 is 14.8 Å². The Morgan fingerprint density at radius 3 is 2.67 bits per heavy atom. The Kier molecular flexibility index (Phi) is 2.90. The van der Waals surface area contributed by atoms with Crippen molar-refractivity contribution in [2.75, 3.05) is 7.11 Å². The van der Waals surface area contributed by atoms with Crippen LogP contribution in [0.3, 0.4) is 0 Å². The number of allylic oxidation sites excluding steroid dienone is 5. The number of rotatable bonds is 2. The Labute approximate surface area is 75.8 Å². The van der Waals surface area contributed by atoms with Gasteiger partial charge in [0.2, 0.25) is 10.8 Å². The van der Waals surface area contributed by atoms with Gasteiger partial charge in [-0.15, -0.1) is 0 Å². The number of halogens is 1. The van der Waals surface area contributed by atoms with E-state index in [1.165, 1.54) is 7.11 Å². The van der Waals surface area contributed by atoms with Gasteiger partial charge in [0, 0.05) is 0 Å². The lowest BCUT2D eigenvalue weighted by molar-refractivity contribution is 0.301. The van der Waals surface area contributed by atoms with E-state index in [9.17, 15) is 0 Å². The minimum absolute atomic E-state index is 0.140. The van der Waals surface area contributed by atoms with Gasteiger partial charge in [0.05, 0.1) is 19.3 Å². The van der Waals surface area contributed by atoms with Crippen LogP contribution >= 0.6 is 11.6 Å². The maximum atomic E-state index is 8.89. The molecule has 0 saturated carbocycles. The number of ether oxygens (including phenoxy) is 1. The standard InChI is InChI=1S/C7H7BClO3/c1-12-6-4-2-3-5(9)7(6)8(10)11/h2,4,10-11H,1H3/q+1. The van der Waals surface area contributed by atoms with E-state index in [4.69, 9.17) is 26.4 Å². The second-order valence-electron chi connectivity index (χ2n) is 2.15. The summed E-state index contributed by atoms with van der Waals surface area (Å²) in [5.74, 6) is 0.341. The molecule has 0 aromatic heterocycles. The van der Waals surface area contributed by atoms with Gasteiger partial charge in [-0.3, -0.25) is 0 Å². The summed E-state index contributed by atoms with van der Waals surface area (Å²) in [7, 11) is -0.206. The van der Waals surface area contributed by atoms with Crippen LogP contribution in [-0.2, 0) is 4.74 Å². The molecule has 0 aliphatic heterocycles. The molecule has 3 nitrogen and oxygen atoms in total. The predicted molar refractivity (Wildman–Crippen MR) is 46.0 cm³/mol. The zero-order valence-corrected chi connectivity index (χ0v) is 7.17. The first-order valence-electron chi connectivity index (χ1n) is 3.27. The van der Waals surface area contributed by atoms with Crippen LogP contribution in [0.25, 0.3) is 0 Å². The summed E-state index contributed by atoms with van der Waals surface area (Å²) in [6.45, 7) is 0. The van der Waals surface area contributed by atoms with Crippen molar-refractivity contribution in [1.29, 1.82) is 0 Å². The smallest absolute Gasteiger partial charge is 0.476 e. The van der Waals surface area contributed by atoms with E-state index in [1.54, 1.807) is 12.2 Å². The molecule has 0 heterocycles. The highest BCUT2D eigenvalue weighted by molar-refractivity contribution is 6.57. The molecular formula is C7H7BClO3+. The average Bonchev–Trinajstić information content (AvgIpc) is 2.03. The van der Waals surface area contributed by atoms with Gasteiger partial charge in [0.25, 0.3) is 0 Å². The molecule has 0 saturated heterocycles. The van der Waals surface area contributed by atoms with Crippen LogP contribution in [0.1, 0.15) is 0 Å². The SMILES string of the molecule is COC1=C(B(O)O)C(Cl)=[C+]C=C1. The summed E-state index contributed by atoms with van der Waals surface area (Å²) < 4.78 is 4.86. The quantitative estimate of drug-likeness (QED) is 0.483. The molecule has 62 valence electrons. The van der Waals surface area contributed by atoms with Gasteiger partial charge >= 0.3 is 7.12 Å². The molecule has 5 heteroatoms. The highest BCUT2D eigenvalue weighted by atomic mass is 35.5. The van der Waals surface area contributed by atoms with Crippen LogP contribution in [0, 0.1) is 6.08 Å². The molecule has 0 fully saturated rings. The second-order valence-corrected chi connectivity index (χ2v) is 2.53. The van der Waals surface area contributed by atoms with Crippen LogP contribution in [0.15, 0.2) is 28.4 Å². The van der Waals surface area contributed by atoms with Crippen molar-refractivity contribution in [3.05, 3.63) is 34.5 Å². The van der Waals surface area contributed by atoms with E-state index in [0.29, 0.717) is 5.76 Å². The molecule has 1 rings (SSSR count). The fourth-order valence-corrected chi connectivity index (χ4v) is 1.14. The molecule has 0 spiro atoms. The van der Waals surface area contributed by atoms with Crippen molar-refractivity contribution >= 4 is 18.7 Å². The minimum Gasteiger partial charge on any atom is -0.476 e. The Morgan fingerprint density at radius 1 is 1.58 bits per heavy atom. The summed E-state index contributed by atoms with van der Waals surface area (Å²) >= 11 is 5.65. The van der Waals surface area contributed by atoms with Crippen LogP contribution in [0.2, 0.25) is 0 Å². The molecule has 12 heavy (non-hydrogen) atoms. The van der Waals surface area contributed by atoms with Crippen LogP contribution in [-0.4, -0.2) is 24.3 Å². The lowest BCUT2D eigenvalue weighted by Crippen LogP contribution is -2.19. The van der Waals surface area contributed by atoms with E-state index < -0.39 is 7.12 Å². The van der Waals surface area contributed by atoms with E-state index in [2.05, 4.69) is 6.08 Å². The van der Waals surface area contributed by atoms with Crippen molar-refractivity contribution in [3.8, 4) is 0 Å². The van der Waals surface area contributed by atoms with E-state index in [0.717, 1.165) is 0 Å². The van der Waals surface area contributed by atoms with Gasteiger partial charge in [-0.2, -0.15) is 0 Å². The third kappa shape index (κ3) is 1.68. The zero-order valence-electron chi connectivity index (χ0n) is 6.41. The Hall–Kier alpha value is -0.795. The van der Waals surface area contributed by atoms with Gasteiger partial charge in [-0.25, -0.2) is 0 Å². The Bertz CT molecular complexity index is 268. The maximum absolute atomic E-state index is 8.89. The fourth-order valence-electron chi connectivity index (χ4n) is 0.885. The molecule has 1 aliphatic rings. The first-order valence-corrected chi connectivity index (χ1v) is 3.65. The summed E-state index contributed by atoms with van der Waals surface area (Å²) in [4.78, 5) is 0. The van der Waals surface area contributed by atoms with Gasteiger partial charge in [0.1, 0.15) is 11.5 Å². The lowest BCUT2D eigenvalue weighted by atomic mass is 9.77. The van der Waals surface area contributed by atoms with Crippen molar-refractivity contribution in [3.63, 3.8) is 0 Å². The first-order chi connectivity index (χ1) is 5.66. The third-order valence-corrected chi connectivity index (χ3v) is 1.74. The molecule has 2 N–H and O–H groups in total. The third-order valence-electron chi connectivity index (χ3n) is 1.42. The molecule has 0 amide bonds. The summed E-state index contributed by atoms with van der Waals surface area (Å²) in [6.07, 6.45) is 5.73. The van der Waals surface area contributed by atoms with Crippen LogP contribution in [0.4, 0.5) is 0 Å². The topological polar surface area (TPSA) is 49.7 Å². The van der Waals surface area contributed by atoms with E-state index >= 15 is 0 Å². The Balaban J connectivity index is 3.08. The van der Waals surface area contributed by atoms with E-state index in [-0.39, 0.29) is 10.5 Å².